The van der Waals surface area contributed by atoms with Crippen LogP contribution in [0, 0.1) is 0 Å². The summed E-state index contributed by atoms with van der Waals surface area (Å²) < 4.78 is 32.7. The molecule has 0 aliphatic heterocycles. The fourth-order valence-electron chi connectivity index (χ4n) is 2.51. The Bertz CT molecular complexity index is 610. The number of ether oxygens (including phenoxy) is 1. The number of methoxy groups -OCH3 is 1. The van der Waals surface area contributed by atoms with Crippen LogP contribution in [0.5, 0.6) is 0 Å². The molecule has 5 nitrogen and oxygen atoms in total. The molecule has 1 aromatic heterocycles. The van der Waals surface area contributed by atoms with Gasteiger partial charge in [0.1, 0.15) is 5.82 Å². The number of rotatable bonds is 8. The van der Waals surface area contributed by atoms with Crippen LogP contribution in [0.4, 0.5) is 8.78 Å². The predicted octanol–water partition coefficient (Wildman–Crippen LogP) is 2.31. The Labute approximate surface area is 127 Å². The van der Waals surface area contributed by atoms with Crippen LogP contribution in [-0.2, 0) is 11.3 Å². The molecule has 1 atom stereocenters. The van der Waals surface area contributed by atoms with E-state index in [2.05, 4.69) is 10.3 Å². The minimum Gasteiger partial charge on any atom is -0.396 e. The van der Waals surface area contributed by atoms with E-state index in [4.69, 9.17) is 9.84 Å². The van der Waals surface area contributed by atoms with Crippen molar-refractivity contribution in [2.45, 2.75) is 32.0 Å². The SMILES string of the molecule is COCC(C)(CCO)NCc1nc2ccccc2n1C(F)F. The highest BCUT2D eigenvalue weighted by atomic mass is 19.3. The highest BCUT2D eigenvalue weighted by molar-refractivity contribution is 5.75. The average molecular weight is 313 g/mol. The van der Waals surface area contributed by atoms with Gasteiger partial charge in [0.25, 0.3) is 0 Å². The number of hydrogen-bond acceptors (Lipinski definition) is 4. The first-order valence-electron chi connectivity index (χ1n) is 7.09. The van der Waals surface area contributed by atoms with Crippen LogP contribution in [0.15, 0.2) is 24.3 Å². The third-order valence-corrected chi connectivity index (χ3v) is 3.66. The Balaban J connectivity index is 2.25. The van der Waals surface area contributed by atoms with Gasteiger partial charge in [0, 0.05) is 19.3 Å². The van der Waals surface area contributed by atoms with Crippen LogP contribution in [0.3, 0.4) is 0 Å². The van der Waals surface area contributed by atoms with Crippen LogP contribution < -0.4 is 5.32 Å². The molecule has 2 N–H and O–H groups in total. The lowest BCUT2D eigenvalue weighted by atomic mass is 9.99. The number of hydrogen-bond donors (Lipinski definition) is 2. The maximum atomic E-state index is 13.3. The van der Waals surface area contributed by atoms with Crippen molar-refractivity contribution in [1.82, 2.24) is 14.9 Å². The molecule has 1 heterocycles. The average Bonchev–Trinajstić information content (AvgIpc) is 2.84. The van der Waals surface area contributed by atoms with Gasteiger partial charge in [-0.25, -0.2) is 4.98 Å². The Morgan fingerprint density at radius 2 is 2.14 bits per heavy atom. The van der Waals surface area contributed by atoms with Crippen molar-refractivity contribution in [2.75, 3.05) is 20.3 Å². The molecule has 1 unspecified atom stereocenters. The molecule has 0 bridgehead atoms. The molecule has 122 valence electrons. The summed E-state index contributed by atoms with van der Waals surface area (Å²) >= 11 is 0. The molecule has 1 aromatic carbocycles. The first-order chi connectivity index (χ1) is 10.5. The van der Waals surface area contributed by atoms with E-state index in [0.717, 1.165) is 4.57 Å². The summed E-state index contributed by atoms with van der Waals surface area (Å²) in [6.45, 7) is -0.266. The molecular weight excluding hydrogens is 292 g/mol. The molecule has 22 heavy (non-hydrogen) atoms. The van der Waals surface area contributed by atoms with E-state index in [9.17, 15) is 8.78 Å². The fourth-order valence-corrected chi connectivity index (χ4v) is 2.51. The maximum absolute atomic E-state index is 13.3. The van der Waals surface area contributed by atoms with Crippen molar-refractivity contribution in [3.8, 4) is 0 Å². The Hall–Kier alpha value is -1.57. The van der Waals surface area contributed by atoms with Gasteiger partial charge in [0.2, 0.25) is 0 Å². The number of imidazole rings is 1. The normalized spacial score (nSPS) is 14.6. The number of aliphatic hydroxyl groups is 1. The van der Waals surface area contributed by atoms with Crippen LogP contribution in [0.2, 0.25) is 0 Å². The number of alkyl halides is 2. The zero-order valence-corrected chi connectivity index (χ0v) is 12.7. The topological polar surface area (TPSA) is 59.3 Å². The predicted molar refractivity (Wildman–Crippen MR) is 79.8 cm³/mol. The number of benzene rings is 1. The summed E-state index contributed by atoms with van der Waals surface area (Å²) in [4.78, 5) is 4.27. The smallest absolute Gasteiger partial charge is 0.320 e. The van der Waals surface area contributed by atoms with E-state index in [-0.39, 0.29) is 19.0 Å². The highest BCUT2D eigenvalue weighted by Crippen LogP contribution is 2.23. The number of nitrogens with one attached hydrogen (secondary N) is 1. The molecule has 0 aliphatic carbocycles. The molecule has 7 heteroatoms. The zero-order chi connectivity index (χ0) is 16.2. The number of para-hydroxylation sites is 2. The van der Waals surface area contributed by atoms with Gasteiger partial charge in [-0.3, -0.25) is 4.57 Å². The van der Waals surface area contributed by atoms with Gasteiger partial charge < -0.3 is 15.2 Å². The molecule has 0 spiro atoms. The summed E-state index contributed by atoms with van der Waals surface area (Å²) in [6, 6.07) is 6.81. The molecule has 0 amide bonds. The first-order valence-corrected chi connectivity index (χ1v) is 7.09. The van der Waals surface area contributed by atoms with Crippen LogP contribution >= 0.6 is 0 Å². The van der Waals surface area contributed by atoms with E-state index in [1.807, 2.05) is 6.92 Å². The Kier molecular flexibility index (Phi) is 5.44. The Morgan fingerprint density at radius 3 is 2.77 bits per heavy atom. The molecule has 2 rings (SSSR count). The number of halogens is 2. The second kappa shape index (κ2) is 7.13. The van der Waals surface area contributed by atoms with Gasteiger partial charge in [0.15, 0.2) is 0 Å². The van der Waals surface area contributed by atoms with Crippen LogP contribution in [0.1, 0.15) is 25.7 Å². The molecule has 0 aliphatic rings. The van der Waals surface area contributed by atoms with Gasteiger partial charge >= 0.3 is 6.55 Å². The maximum Gasteiger partial charge on any atom is 0.320 e. The lowest BCUT2D eigenvalue weighted by Crippen LogP contribution is -2.47. The van der Waals surface area contributed by atoms with Crippen molar-refractivity contribution in [2.24, 2.45) is 0 Å². The number of fused-ring (bicyclic) bond motifs is 1. The van der Waals surface area contributed by atoms with Gasteiger partial charge in [-0.2, -0.15) is 8.78 Å². The third kappa shape index (κ3) is 3.60. The second-order valence-corrected chi connectivity index (χ2v) is 5.49. The second-order valence-electron chi connectivity index (χ2n) is 5.49. The summed E-state index contributed by atoms with van der Waals surface area (Å²) in [5, 5.41) is 12.3. The van der Waals surface area contributed by atoms with Crippen LogP contribution in [0.25, 0.3) is 11.0 Å². The summed E-state index contributed by atoms with van der Waals surface area (Å²) in [6.07, 6.45) is 0.454. The molecule has 0 radical (unpaired) electrons. The van der Waals surface area contributed by atoms with Gasteiger partial charge in [-0.1, -0.05) is 12.1 Å². The third-order valence-electron chi connectivity index (χ3n) is 3.66. The van der Waals surface area contributed by atoms with Crippen molar-refractivity contribution < 1.29 is 18.6 Å². The quantitative estimate of drug-likeness (QED) is 0.785. The van der Waals surface area contributed by atoms with Gasteiger partial charge in [0.05, 0.1) is 24.2 Å². The zero-order valence-electron chi connectivity index (χ0n) is 12.7. The van der Waals surface area contributed by atoms with E-state index < -0.39 is 12.1 Å². The van der Waals surface area contributed by atoms with Crippen molar-refractivity contribution in [3.05, 3.63) is 30.1 Å². The van der Waals surface area contributed by atoms with Crippen molar-refractivity contribution in [1.29, 1.82) is 0 Å². The molecule has 0 saturated heterocycles. The summed E-state index contributed by atoms with van der Waals surface area (Å²) in [5.74, 6) is 0.261. The molecule has 0 fully saturated rings. The highest BCUT2D eigenvalue weighted by Gasteiger charge is 2.25. The largest absolute Gasteiger partial charge is 0.396 e. The Morgan fingerprint density at radius 1 is 1.41 bits per heavy atom. The van der Waals surface area contributed by atoms with Gasteiger partial charge in [-0.15, -0.1) is 0 Å². The minimum absolute atomic E-state index is 0.0158. The lowest BCUT2D eigenvalue weighted by molar-refractivity contribution is 0.0679. The van der Waals surface area contributed by atoms with E-state index in [0.29, 0.717) is 24.1 Å². The van der Waals surface area contributed by atoms with Gasteiger partial charge in [-0.05, 0) is 25.5 Å². The monoisotopic (exact) mass is 313 g/mol. The van der Waals surface area contributed by atoms with Crippen molar-refractivity contribution in [3.63, 3.8) is 0 Å². The fraction of sp³-hybridized carbons (Fsp3) is 0.533. The number of aromatic nitrogens is 2. The summed E-state index contributed by atoms with van der Waals surface area (Å²) in [7, 11) is 1.56. The molecular formula is C15H21F2N3O2. The van der Waals surface area contributed by atoms with E-state index in [1.165, 1.54) is 0 Å². The number of nitrogens with zero attached hydrogens (tertiary/aromatic N) is 2. The molecule has 2 aromatic rings. The van der Waals surface area contributed by atoms with Crippen LogP contribution in [-0.4, -0.2) is 40.5 Å². The molecule has 0 saturated carbocycles. The van der Waals surface area contributed by atoms with Crippen molar-refractivity contribution >= 4 is 11.0 Å². The van der Waals surface area contributed by atoms with E-state index >= 15 is 0 Å². The number of aliphatic hydroxyl groups excluding tert-OH is 1. The standard InChI is InChI=1S/C15H21F2N3O2/c1-15(7-8-21,10-22-2)18-9-13-19-11-5-3-4-6-12(11)20(13)14(16)17/h3-6,14,18,21H,7-10H2,1-2H3. The minimum atomic E-state index is -2.66. The van der Waals surface area contributed by atoms with E-state index in [1.54, 1.807) is 31.4 Å². The first kappa shape index (κ1) is 16.8. The lowest BCUT2D eigenvalue weighted by Gasteiger charge is -2.29. The summed E-state index contributed by atoms with van der Waals surface area (Å²) in [5.41, 5.74) is 0.439.